The van der Waals surface area contributed by atoms with Gasteiger partial charge in [-0.05, 0) is 48.6 Å². The Morgan fingerprint density at radius 1 is 1.09 bits per heavy atom. The van der Waals surface area contributed by atoms with Crippen LogP contribution in [0.15, 0.2) is 62.5 Å². The monoisotopic (exact) mass is 548 g/mol. The molecule has 1 aromatic heterocycles. The molecule has 0 saturated heterocycles. The van der Waals surface area contributed by atoms with Crippen molar-refractivity contribution in [1.29, 1.82) is 5.41 Å². The molecule has 1 heterocycles. The van der Waals surface area contributed by atoms with E-state index in [9.17, 15) is 18.0 Å². The molecule has 3 aromatic rings. The first-order valence-corrected chi connectivity index (χ1v) is 14.9. The quantitative estimate of drug-likeness (QED) is 0.171. The topological polar surface area (TPSA) is 156 Å². The van der Waals surface area contributed by atoms with Gasteiger partial charge in [0.2, 0.25) is 21.7 Å². The van der Waals surface area contributed by atoms with Crippen LogP contribution < -0.4 is 16.8 Å². The SMILES string of the molecule is CSc1sc(C(=N)N)cc1S(=O)(=O)c1cccc(-c2c(C)cccc2NC(=O)CSCC(N)=O)c1. The van der Waals surface area contributed by atoms with Gasteiger partial charge in [-0.1, -0.05) is 24.3 Å². The lowest BCUT2D eigenvalue weighted by Gasteiger charge is -2.15. The number of benzene rings is 2. The minimum absolute atomic E-state index is 0.0416. The summed E-state index contributed by atoms with van der Waals surface area (Å²) in [5.41, 5.74) is 13.4. The Balaban J connectivity index is 2.00. The highest BCUT2D eigenvalue weighted by molar-refractivity contribution is 8.01. The molecule has 0 radical (unpaired) electrons. The zero-order chi connectivity index (χ0) is 25.8. The van der Waals surface area contributed by atoms with Crippen LogP contribution in [0, 0.1) is 12.3 Å². The highest BCUT2D eigenvalue weighted by Crippen LogP contribution is 2.38. The van der Waals surface area contributed by atoms with Crippen LogP contribution in [0.4, 0.5) is 5.69 Å². The van der Waals surface area contributed by atoms with Crippen LogP contribution in [0.25, 0.3) is 11.1 Å². The zero-order valence-corrected chi connectivity index (χ0v) is 22.2. The smallest absolute Gasteiger partial charge is 0.234 e. The molecular weight excluding hydrogens is 525 g/mol. The number of sulfone groups is 1. The summed E-state index contributed by atoms with van der Waals surface area (Å²) in [7, 11) is -3.89. The largest absolute Gasteiger partial charge is 0.383 e. The van der Waals surface area contributed by atoms with Gasteiger partial charge in [-0.25, -0.2) is 8.42 Å². The summed E-state index contributed by atoms with van der Waals surface area (Å²) in [5.74, 6) is -0.886. The molecule has 0 unspecified atom stereocenters. The van der Waals surface area contributed by atoms with Crippen LogP contribution >= 0.6 is 34.9 Å². The molecule has 2 aromatic carbocycles. The maximum atomic E-state index is 13.5. The summed E-state index contributed by atoms with van der Waals surface area (Å²) >= 11 is 3.56. The lowest BCUT2D eigenvalue weighted by Crippen LogP contribution is -2.18. The molecule has 0 fully saturated rings. The molecule has 0 saturated carbocycles. The average Bonchev–Trinajstić information content (AvgIpc) is 3.25. The van der Waals surface area contributed by atoms with Gasteiger partial charge in [0.05, 0.1) is 30.4 Å². The Morgan fingerprint density at radius 3 is 2.46 bits per heavy atom. The first kappa shape index (κ1) is 26.8. The number of nitrogen functional groups attached to an aromatic ring is 1. The highest BCUT2D eigenvalue weighted by Gasteiger charge is 2.25. The van der Waals surface area contributed by atoms with Gasteiger partial charge in [-0.3, -0.25) is 15.0 Å². The van der Waals surface area contributed by atoms with Gasteiger partial charge >= 0.3 is 0 Å². The number of rotatable bonds is 10. The number of hydrogen-bond acceptors (Lipinski definition) is 8. The number of thiophene rings is 1. The van der Waals surface area contributed by atoms with E-state index in [0.29, 0.717) is 25.9 Å². The van der Waals surface area contributed by atoms with Crippen LogP contribution in [0.2, 0.25) is 0 Å². The van der Waals surface area contributed by atoms with Crippen molar-refractivity contribution in [3.8, 4) is 11.1 Å². The number of hydrogen-bond donors (Lipinski definition) is 4. The molecule has 0 spiro atoms. The van der Waals surface area contributed by atoms with Gasteiger partial charge in [0.25, 0.3) is 0 Å². The Morgan fingerprint density at radius 2 is 1.80 bits per heavy atom. The van der Waals surface area contributed by atoms with E-state index in [2.05, 4.69) is 5.32 Å². The van der Waals surface area contributed by atoms with E-state index in [1.165, 1.54) is 35.2 Å². The molecule has 184 valence electrons. The number of nitrogens with one attached hydrogen (secondary N) is 2. The molecule has 0 bridgehead atoms. The number of thioether (sulfide) groups is 2. The molecule has 2 amide bonds. The number of carbonyl (C=O) groups is 2. The first-order valence-electron chi connectivity index (χ1n) is 10.2. The fraction of sp³-hybridized carbons (Fsp3) is 0.174. The van der Waals surface area contributed by atoms with E-state index in [1.54, 1.807) is 36.6 Å². The maximum Gasteiger partial charge on any atom is 0.234 e. The van der Waals surface area contributed by atoms with Crippen molar-refractivity contribution >= 4 is 68.0 Å². The van der Waals surface area contributed by atoms with Crippen molar-refractivity contribution in [2.75, 3.05) is 23.1 Å². The lowest BCUT2D eigenvalue weighted by molar-refractivity contribution is -0.115. The minimum atomic E-state index is -3.89. The van der Waals surface area contributed by atoms with Crippen molar-refractivity contribution in [3.63, 3.8) is 0 Å². The third-order valence-corrected chi connectivity index (χ3v) is 10.2. The molecule has 0 aliphatic rings. The van der Waals surface area contributed by atoms with Crippen LogP contribution in [0.5, 0.6) is 0 Å². The highest BCUT2D eigenvalue weighted by atomic mass is 32.2. The second-order valence-electron chi connectivity index (χ2n) is 7.42. The average molecular weight is 549 g/mol. The molecule has 0 aliphatic heterocycles. The predicted octanol–water partition coefficient (Wildman–Crippen LogP) is 3.72. The Bertz CT molecular complexity index is 1400. The fourth-order valence-corrected chi connectivity index (χ4v) is 7.81. The molecule has 8 nitrogen and oxygen atoms in total. The van der Waals surface area contributed by atoms with Crippen molar-refractivity contribution < 1.29 is 18.0 Å². The molecule has 3 rings (SSSR count). The Hall–Kier alpha value is -2.80. The van der Waals surface area contributed by atoms with Crippen LogP contribution in [0.3, 0.4) is 0 Å². The number of carbonyl (C=O) groups excluding carboxylic acids is 2. The van der Waals surface area contributed by atoms with Crippen LogP contribution in [0.1, 0.15) is 10.4 Å². The molecular formula is C23H24N4O4S4. The lowest BCUT2D eigenvalue weighted by atomic mass is 9.98. The van der Waals surface area contributed by atoms with E-state index in [-0.39, 0.29) is 33.0 Å². The van der Waals surface area contributed by atoms with Crippen molar-refractivity contribution in [3.05, 3.63) is 59.0 Å². The molecule has 6 N–H and O–H groups in total. The normalized spacial score (nSPS) is 11.3. The second-order valence-corrected chi connectivity index (χ2v) is 12.4. The van der Waals surface area contributed by atoms with Gasteiger partial charge in [0.1, 0.15) is 5.84 Å². The van der Waals surface area contributed by atoms with Gasteiger partial charge in [-0.2, -0.15) is 0 Å². The maximum absolute atomic E-state index is 13.5. The van der Waals surface area contributed by atoms with Crippen molar-refractivity contribution in [2.45, 2.75) is 20.9 Å². The fourth-order valence-electron chi connectivity index (χ4n) is 3.35. The zero-order valence-electron chi connectivity index (χ0n) is 19.0. The number of amidine groups is 1. The van der Waals surface area contributed by atoms with E-state index in [0.717, 1.165) is 17.3 Å². The summed E-state index contributed by atoms with van der Waals surface area (Å²) in [4.78, 5) is 23.9. The third kappa shape index (κ3) is 6.26. The molecule has 0 atom stereocenters. The first-order chi connectivity index (χ1) is 16.5. The van der Waals surface area contributed by atoms with Crippen molar-refractivity contribution in [1.82, 2.24) is 0 Å². The standard InChI is InChI=1S/C23H24N4O4S4/c1-13-5-3-8-16(27-20(29)12-33-11-19(24)28)21(13)14-6-4-7-15(9-14)35(30,31)18-10-17(22(25)26)34-23(18)32-2/h3-10H,11-12H2,1-2H3,(H2,24,28)(H3,25,26)(H,27,29). The summed E-state index contributed by atoms with van der Waals surface area (Å²) in [6, 6.07) is 13.4. The summed E-state index contributed by atoms with van der Waals surface area (Å²) < 4.78 is 27.6. The Kier molecular flexibility index (Phi) is 8.65. The molecule has 0 aliphatic carbocycles. The van der Waals surface area contributed by atoms with E-state index in [4.69, 9.17) is 16.9 Å². The van der Waals surface area contributed by atoms with Crippen LogP contribution in [-0.4, -0.2) is 43.8 Å². The summed E-state index contributed by atoms with van der Waals surface area (Å²) in [5, 5.41) is 10.5. The van der Waals surface area contributed by atoms with E-state index >= 15 is 0 Å². The van der Waals surface area contributed by atoms with Gasteiger partial charge in [0, 0.05) is 11.3 Å². The number of primary amides is 1. The number of nitrogens with two attached hydrogens (primary N) is 2. The van der Waals surface area contributed by atoms with E-state index < -0.39 is 15.7 Å². The summed E-state index contributed by atoms with van der Waals surface area (Å²) in [6.45, 7) is 1.87. The Labute approximate surface area is 216 Å². The van der Waals surface area contributed by atoms with E-state index in [1.807, 2.05) is 13.0 Å². The van der Waals surface area contributed by atoms with Gasteiger partial charge in [-0.15, -0.1) is 34.9 Å². The van der Waals surface area contributed by atoms with Crippen molar-refractivity contribution in [2.24, 2.45) is 11.5 Å². The number of aryl methyl sites for hydroxylation is 1. The predicted molar refractivity (Wildman–Crippen MR) is 144 cm³/mol. The molecule has 35 heavy (non-hydrogen) atoms. The second kappa shape index (κ2) is 11.3. The van der Waals surface area contributed by atoms with Gasteiger partial charge < -0.3 is 16.8 Å². The van der Waals surface area contributed by atoms with Crippen LogP contribution in [-0.2, 0) is 19.4 Å². The third-order valence-electron chi connectivity index (χ3n) is 4.86. The van der Waals surface area contributed by atoms with Gasteiger partial charge in [0.15, 0.2) is 0 Å². The number of anilines is 1. The minimum Gasteiger partial charge on any atom is -0.383 e. The molecule has 12 heteroatoms. The number of amides is 2. The summed E-state index contributed by atoms with van der Waals surface area (Å²) in [6.07, 6.45) is 1.77.